The van der Waals surface area contributed by atoms with E-state index in [1.807, 2.05) is 0 Å². The summed E-state index contributed by atoms with van der Waals surface area (Å²) in [6.07, 6.45) is 0.662. The second-order valence-electron chi connectivity index (χ2n) is 3.85. The fourth-order valence-corrected chi connectivity index (χ4v) is 1.50. The number of nitrogens with zero attached hydrogens (tertiary/aromatic N) is 1. The Bertz CT molecular complexity index is 212. The Morgan fingerprint density at radius 1 is 1.43 bits per heavy atom. The van der Waals surface area contributed by atoms with Crippen LogP contribution in [0.1, 0.15) is 12.8 Å². The molecule has 2 aliphatic rings. The summed E-state index contributed by atoms with van der Waals surface area (Å²) >= 11 is 0. The van der Waals surface area contributed by atoms with E-state index >= 15 is 0 Å². The first-order valence-electron chi connectivity index (χ1n) is 5.12. The highest BCUT2D eigenvalue weighted by Crippen LogP contribution is 2.33. The van der Waals surface area contributed by atoms with Crippen LogP contribution in [0.25, 0.3) is 0 Å². The van der Waals surface area contributed by atoms with Gasteiger partial charge in [0, 0.05) is 32.1 Å². The molecular formula is C9H16N2O3. The molecule has 1 saturated heterocycles. The number of hydrogen-bond acceptors (Lipinski definition) is 4. The number of carbonyl (C=O) groups excluding carboxylic acids is 1. The van der Waals surface area contributed by atoms with Gasteiger partial charge in [0.1, 0.15) is 0 Å². The van der Waals surface area contributed by atoms with Crippen molar-refractivity contribution in [2.24, 2.45) is 5.92 Å². The van der Waals surface area contributed by atoms with Gasteiger partial charge >= 0.3 is 6.09 Å². The number of amides is 1. The molecule has 80 valence electrons. The van der Waals surface area contributed by atoms with Gasteiger partial charge in [0.2, 0.25) is 6.29 Å². The molecule has 1 heterocycles. The maximum Gasteiger partial charge on any atom is 0.412 e. The monoisotopic (exact) mass is 200 g/mol. The van der Waals surface area contributed by atoms with Crippen LogP contribution in [-0.4, -0.2) is 48.6 Å². The summed E-state index contributed by atoms with van der Waals surface area (Å²) < 4.78 is 4.93. The molecular weight excluding hydrogens is 184 g/mol. The largest absolute Gasteiger partial charge is 0.419 e. The maximum absolute atomic E-state index is 11.5. The van der Waals surface area contributed by atoms with Gasteiger partial charge in [0.15, 0.2) is 0 Å². The molecule has 14 heavy (non-hydrogen) atoms. The first-order chi connectivity index (χ1) is 6.77. The first kappa shape index (κ1) is 9.73. The fraction of sp³-hybridized carbons (Fsp3) is 0.889. The number of rotatable bonds is 2. The SMILES string of the molecule is O=C(OC(O)C1CC1)N1CCNCC1. The third-order valence-electron chi connectivity index (χ3n) is 2.62. The molecule has 1 aliphatic carbocycles. The summed E-state index contributed by atoms with van der Waals surface area (Å²) in [6.45, 7) is 2.93. The lowest BCUT2D eigenvalue weighted by Crippen LogP contribution is -2.47. The van der Waals surface area contributed by atoms with Gasteiger partial charge in [-0.05, 0) is 12.8 Å². The Balaban J connectivity index is 1.75. The zero-order valence-corrected chi connectivity index (χ0v) is 8.11. The van der Waals surface area contributed by atoms with Crippen molar-refractivity contribution in [3.05, 3.63) is 0 Å². The average molecular weight is 200 g/mol. The molecule has 0 aromatic heterocycles. The lowest BCUT2D eigenvalue weighted by molar-refractivity contribution is -0.0781. The Labute approximate surface area is 83.0 Å². The molecule has 2 fully saturated rings. The minimum Gasteiger partial charge on any atom is -0.419 e. The average Bonchev–Trinajstić information content (AvgIpc) is 3.02. The van der Waals surface area contributed by atoms with Gasteiger partial charge in [-0.2, -0.15) is 0 Å². The van der Waals surface area contributed by atoms with Gasteiger partial charge in [-0.3, -0.25) is 0 Å². The molecule has 0 aromatic rings. The molecule has 0 radical (unpaired) electrons. The van der Waals surface area contributed by atoms with E-state index < -0.39 is 6.29 Å². The molecule has 1 aliphatic heterocycles. The standard InChI is InChI=1S/C9H16N2O3/c12-8(7-1-2-7)14-9(13)11-5-3-10-4-6-11/h7-8,10,12H,1-6H2. The van der Waals surface area contributed by atoms with Gasteiger partial charge < -0.3 is 20.1 Å². The number of piperazine rings is 1. The molecule has 5 heteroatoms. The van der Waals surface area contributed by atoms with Crippen molar-refractivity contribution < 1.29 is 14.6 Å². The van der Waals surface area contributed by atoms with Crippen LogP contribution in [-0.2, 0) is 4.74 Å². The summed E-state index contributed by atoms with van der Waals surface area (Å²) in [5.74, 6) is 0.182. The molecule has 1 atom stereocenters. The number of ether oxygens (including phenoxy) is 1. The quantitative estimate of drug-likeness (QED) is 0.604. The number of aliphatic hydroxyl groups excluding tert-OH is 1. The Hall–Kier alpha value is -0.810. The van der Waals surface area contributed by atoms with E-state index in [2.05, 4.69) is 5.32 Å². The van der Waals surface area contributed by atoms with E-state index in [-0.39, 0.29) is 12.0 Å². The Kier molecular flexibility index (Phi) is 2.88. The lowest BCUT2D eigenvalue weighted by atomic mass is 10.4. The third-order valence-corrected chi connectivity index (χ3v) is 2.62. The van der Waals surface area contributed by atoms with E-state index in [1.165, 1.54) is 0 Å². The van der Waals surface area contributed by atoms with Crippen molar-refractivity contribution in [2.45, 2.75) is 19.1 Å². The first-order valence-corrected chi connectivity index (χ1v) is 5.12. The zero-order chi connectivity index (χ0) is 9.97. The highest BCUT2D eigenvalue weighted by Gasteiger charge is 2.33. The fourth-order valence-electron chi connectivity index (χ4n) is 1.50. The Morgan fingerprint density at radius 2 is 2.07 bits per heavy atom. The van der Waals surface area contributed by atoms with E-state index in [0.29, 0.717) is 13.1 Å². The van der Waals surface area contributed by atoms with Crippen molar-refractivity contribution in [3.63, 3.8) is 0 Å². The van der Waals surface area contributed by atoms with Crippen molar-refractivity contribution in [1.29, 1.82) is 0 Å². The van der Waals surface area contributed by atoms with E-state index in [4.69, 9.17) is 4.74 Å². The summed E-state index contributed by atoms with van der Waals surface area (Å²) in [6, 6.07) is 0. The molecule has 5 nitrogen and oxygen atoms in total. The highest BCUT2D eigenvalue weighted by molar-refractivity contribution is 5.67. The van der Waals surface area contributed by atoms with Crippen LogP contribution in [0.5, 0.6) is 0 Å². The van der Waals surface area contributed by atoms with Gasteiger partial charge in [0.05, 0.1) is 0 Å². The summed E-state index contributed by atoms with van der Waals surface area (Å²) in [5.41, 5.74) is 0. The number of aliphatic hydroxyl groups is 1. The van der Waals surface area contributed by atoms with Gasteiger partial charge in [-0.1, -0.05) is 0 Å². The molecule has 1 amide bonds. The second-order valence-corrected chi connectivity index (χ2v) is 3.85. The zero-order valence-electron chi connectivity index (χ0n) is 8.11. The third kappa shape index (κ3) is 2.36. The van der Waals surface area contributed by atoms with Gasteiger partial charge in [-0.15, -0.1) is 0 Å². The lowest BCUT2D eigenvalue weighted by Gasteiger charge is -2.27. The maximum atomic E-state index is 11.5. The highest BCUT2D eigenvalue weighted by atomic mass is 16.6. The summed E-state index contributed by atoms with van der Waals surface area (Å²) in [5, 5.41) is 12.6. The minimum absolute atomic E-state index is 0.182. The van der Waals surface area contributed by atoms with E-state index in [1.54, 1.807) is 4.90 Å². The molecule has 2 rings (SSSR count). The van der Waals surface area contributed by atoms with Gasteiger partial charge in [0.25, 0.3) is 0 Å². The number of carbonyl (C=O) groups is 1. The van der Waals surface area contributed by atoms with Crippen LogP contribution in [0.4, 0.5) is 4.79 Å². The van der Waals surface area contributed by atoms with Crippen LogP contribution in [0.3, 0.4) is 0 Å². The van der Waals surface area contributed by atoms with Crippen molar-refractivity contribution in [3.8, 4) is 0 Å². The van der Waals surface area contributed by atoms with Crippen molar-refractivity contribution >= 4 is 6.09 Å². The predicted octanol–water partition coefficient (Wildman–Crippen LogP) is -0.243. The summed E-state index contributed by atoms with van der Waals surface area (Å²) in [7, 11) is 0. The smallest absolute Gasteiger partial charge is 0.412 e. The molecule has 1 saturated carbocycles. The van der Waals surface area contributed by atoms with E-state index in [0.717, 1.165) is 25.9 Å². The molecule has 0 aromatic carbocycles. The molecule has 0 spiro atoms. The predicted molar refractivity (Wildman–Crippen MR) is 49.7 cm³/mol. The topological polar surface area (TPSA) is 61.8 Å². The van der Waals surface area contributed by atoms with Gasteiger partial charge in [-0.25, -0.2) is 4.79 Å². The van der Waals surface area contributed by atoms with Crippen LogP contribution in [0.15, 0.2) is 0 Å². The van der Waals surface area contributed by atoms with Crippen LogP contribution < -0.4 is 5.32 Å². The normalized spacial score (nSPS) is 24.5. The molecule has 2 N–H and O–H groups in total. The number of hydrogen-bond donors (Lipinski definition) is 2. The second kappa shape index (κ2) is 4.14. The molecule has 0 bridgehead atoms. The van der Waals surface area contributed by atoms with Crippen LogP contribution in [0.2, 0.25) is 0 Å². The van der Waals surface area contributed by atoms with Crippen molar-refractivity contribution in [1.82, 2.24) is 10.2 Å². The van der Waals surface area contributed by atoms with Crippen molar-refractivity contribution in [2.75, 3.05) is 26.2 Å². The summed E-state index contributed by atoms with van der Waals surface area (Å²) in [4.78, 5) is 13.1. The number of nitrogens with one attached hydrogen (secondary N) is 1. The van der Waals surface area contributed by atoms with Crippen LogP contribution >= 0.6 is 0 Å². The van der Waals surface area contributed by atoms with Crippen LogP contribution in [0, 0.1) is 5.92 Å². The Morgan fingerprint density at radius 3 is 2.64 bits per heavy atom. The minimum atomic E-state index is -0.891. The van der Waals surface area contributed by atoms with E-state index in [9.17, 15) is 9.90 Å². The molecule has 1 unspecified atom stereocenters.